The Bertz CT molecular complexity index is 6.00. The summed E-state index contributed by atoms with van der Waals surface area (Å²) in [5.41, 5.74) is 0. The number of rotatable bonds is 0. The van der Waals surface area contributed by atoms with Gasteiger partial charge in [0.2, 0.25) is 0 Å². The van der Waals surface area contributed by atoms with Crippen molar-refractivity contribution in [3.63, 3.8) is 0 Å². The molecule has 23 valence electrons. The van der Waals surface area contributed by atoms with Gasteiger partial charge in [-0.05, 0) is 0 Å². The molecule has 0 aromatic carbocycles. The molecule has 3 radical (unpaired) electrons. The van der Waals surface area contributed by atoms with Gasteiger partial charge >= 0.3 is 0 Å². The minimum atomic E-state index is 0. The van der Waals surface area contributed by atoms with Crippen molar-refractivity contribution in [1.29, 1.82) is 0 Å². The van der Waals surface area contributed by atoms with Gasteiger partial charge in [0.25, 0.3) is 0 Å². The molecule has 0 aliphatic rings. The predicted octanol–water partition coefficient (Wildman–Crippen LogP) is -0.388. The van der Waals surface area contributed by atoms with Crippen LogP contribution < -0.4 is 0 Å². The van der Waals surface area contributed by atoms with Crippen LogP contribution in [0.1, 0.15) is 0 Å². The van der Waals surface area contributed by atoms with Gasteiger partial charge in [0, 0.05) is 70.1 Å². The molecule has 0 aromatic rings. The predicted molar refractivity (Wildman–Crippen MR) is 5.75 cm³/mol. The van der Waals surface area contributed by atoms with Crippen LogP contribution in [0.2, 0.25) is 0 Å². The summed E-state index contributed by atoms with van der Waals surface area (Å²) < 4.78 is 0. The van der Waals surface area contributed by atoms with Crippen molar-refractivity contribution in [3.8, 4) is 0 Å². The van der Waals surface area contributed by atoms with Crippen LogP contribution in [0.25, 0.3) is 0 Å². The van der Waals surface area contributed by atoms with E-state index in [0.29, 0.717) is 0 Å². The standard InChI is InChI=1S/Fe.Li.2Mn. The Labute approximate surface area is 69.5 Å². The largest absolute Gasteiger partial charge is 0 e. The minimum Gasteiger partial charge on any atom is 0 e. The molecule has 0 N–H and O–H groups in total. The summed E-state index contributed by atoms with van der Waals surface area (Å²) >= 11 is 0. The molecule has 0 aromatic heterocycles. The molecule has 0 heterocycles. The van der Waals surface area contributed by atoms with Gasteiger partial charge in [-0.15, -0.1) is 0 Å². The Morgan fingerprint density at radius 3 is 0.750 bits per heavy atom. The van der Waals surface area contributed by atoms with E-state index in [1.54, 1.807) is 0 Å². The topological polar surface area (TPSA) is 0 Å². The Morgan fingerprint density at radius 1 is 0.750 bits per heavy atom. The first-order chi connectivity index (χ1) is 0. The zero-order valence-electron chi connectivity index (χ0n) is 2.11. The summed E-state index contributed by atoms with van der Waals surface area (Å²) in [4.78, 5) is 0. The Kier molecular flexibility index (Phi) is 169. The molecule has 0 nitrogen and oxygen atoms in total. The van der Waals surface area contributed by atoms with Crippen LogP contribution in [0.4, 0.5) is 0 Å². The monoisotopic (exact) mass is 173 g/mol. The minimum absolute atomic E-state index is 0. The SMILES string of the molecule is [Fe].[Li].[Mn].[Mn]. The molecule has 0 atom stereocenters. The average molecular weight is 173 g/mol. The molecule has 0 aliphatic carbocycles. The van der Waals surface area contributed by atoms with Crippen LogP contribution in [-0.2, 0) is 51.2 Å². The Balaban J connectivity index is 0. The van der Waals surface area contributed by atoms with E-state index >= 15 is 0 Å². The second-order valence-corrected chi connectivity index (χ2v) is 0. The average Bonchev–Trinajstić information content (AvgIpc) is 0. The molecule has 0 saturated heterocycles. The molecule has 0 saturated carbocycles. The van der Waals surface area contributed by atoms with Gasteiger partial charge in [-0.1, -0.05) is 0 Å². The van der Waals surface area contributed by atoms with E-state index in [1.165, 1.54) is 0 Å². The van der Waals surface area contributed by atoms with E-state index in [4.69, 9.17) is 0 Å². The molecule has 0 aliphatic heterocycles. The summed E-state index contributed by atoms with van der Waals surface area (Å²) in [6.45, 7) is 0. The molecule has 0 unspecified atom stereocenters. The third-order valence-corrected chi connectivity index (χ3v) is 0. The molecule has 0 rings (SSSR count). The second-order valence-electron chi connectivity index (χ2n) is 0. The van der Waals surface area contributed by atoms with Crippen molar-refractivity contribution >= 4 is 18.9 Å². The van der Waals surface area contributed by atoms with E-state index < -0.39 is 0 Å². The maximum Gasteiger partial charge on any atom is 0 e. The van der Waals surface area contributed by atoms with Gasteiger partial charge in [0.1, 0.15) is 0 Å². The molecular weight excluding hydrogens is 173 g/mol. The molecule has 0 amide bonds. The van der Waals surface area contributed by atoms with Crippen LogP contribution in [0.5, 0.6) is 0 Å². The number of hydrogen-bond acceptors (Lipinski definition) is 0. The fourth-order valence-electron chi connectivity index (χ4n) is 0. The second kappa shape index (κ2) is 19.2. The number of hydrogen-bond donors (Lipinski definition) is 0. The first-order valence-electron chi connectivity index (χ1n) is 0. The molecular formula is FeLiMn2. The van der Waals surface area contributed by atoms with Gasteiger partial charge in [0.15, 0.2) is 0 Å². The van der Waals surface area contributed by atoms with Crippen molar-refractivity contribution in [1.82, 2.24) is 0 Å². The van der Waals surface area contributed by atoms with E-state index in [2.05, 4.69) is 0 Å². The Morgan fingerprint density at radius 2 is 0.750 bits per heavy atom. The van der Waals surface area contributed by atoms with Crippen LogP contribution in [0.3, 0.4) is 0 Å². The van der Waals surface area contributed by atoms with Gasteiger partial charge in [-0.2, -0.15) is 0 Å². The van der Waals surface area contributed by atoms with Gasteiger partial charge in [-0.25, -0.2) is 0 Å². The van der Waals surface area contributed by atoms with Crippen molar-refractivity contribution in [2.24, 2.45) is 0 Å². The van der Waals surface area contributed by atoms with Crippen LogP contribution >= 0.6 is 0 Å². The maximum atomic E-state index is 0. The van der Waals surface area contributed by atoms with Crippen molar-refractivity contribution in [2.45, 2.75) is 0 Å². The first-order valence-corrected chi connectivity index (χ1v) is 0. The van der Waals surface area contributed by atoms with Crippen LogP contribution in [0.15, 0.2) is 0 Å². The zero-order chi connectivity index (χ0) is 0. The van der Waals surface area contributed by atoms with Crippen LogP contribution in [-0.4, -0.2) is 18.9 Å². The third-order valence-electron chi connectivity index (χ3n) is 0. The van der Waals surface area contributed by atoms with Crippen LogP contribution in [0, 0.1) is 0 Å². The fraction of sp³-hybridized carbons (Fsp3) is 0. The van der Waals surface area contributed by atoms with Crippen molar-refractivity contribution in [2.75, 3.05) is 0 Å². The van der Waals surface area contributed by atoms with Gasteiger partial charge in [0.05, 0.1) is 0 Å². The normalized spacial score (nSPS) is 0. The maximum absolute atomic E-state index is 0. The molecule has 0 bridgehead atoms. The summed E-state index contributed by atoms with van der Waals surface area (Å²) in [5.74, 6) is 0. The smallest absolute Gasteiger partial charge is 0 e. The molecule has 4 heavy (non-hydrogen) atoms. The molecule has 0 spiro atoms. The summed E-state index contributed by atoms with van der Waals surface area (Å²) in [6.07, 6.45) is 0. The van der Waals surface area contributed by atoms with Crippen molar-refractivity contribution < 1.29 is 51.2 Å². The van der Waals surface area contributed by atoms with E-state index in [1.807, 2.05) is 0 Å². The van der Waals surface area contributed by atoms with E-state index in [9.17, 15) is 0 Å². The van der Waals surface area contributed by atoms with Gasteiger partial charge < -0.3 is 0 Å². The fourth-order valence-corrected chi connectivity index (χ4v) is 0. The summed E-state index contributed by atoms with van der Waals surface area (Å²) in [7, 11) is 0. The quantitative estimate of drug-likeness (QED) is 0.437. The van der Waals surface area contributed by atoms with E-state index in [0.717, 1.165) is 0 Å². The molecule has 4 heteroatoms. The third kappa shape index (κ3) is 8.91. The first kappa shape index (κ1) is 35.2. The Hall–Kier alpha value is 2.16. The van der Waals surface area contributed by atoms with E-state index in [-0.39, 0.29) is 70.1 Å². The molecule has 0 fully saturated rings. The summed E-state index contributed by atoms with van der Waals surface area (Å²) in [6, 6.07) is 0. The van der Waals surface area contributed by atoms with Gasteiger partial charge in [-0.3, -0.25) is 0 Å². The zero-order valence-corrected chi connectivity index (χ0v) is 5.57. The summed E-state index contributed by atoms with van der Waals surface area (Å²) in [5, 5.41) is 0. The van der Waals surface area contributed by atoms with Crippen molar-refractivity contribution in [3.05, 3.63) is 0 Å².